The molecule has 0 aliphatic rings. The highest BCUT2D eigenvalue weighted by molar-refractivity contribution is 8.00. The van der Waals surface area contributed by atoms with Crippen LogP contribution in [-0.2, 0) is 0 Å². The van der Waals surface area contributed by atoms with Crippen LogP contribution in [0.15, 0.2) is 23.1 Å². The Hall–Kier alpha value is -0.470. The van der Waals surface area contributed by atoms with Gasteiger partial charge in [-0.3, -0.25) is 0 Å². The predicted molar refractivity (Wildman–Crippen MR) is 79.0 cm³/mol. The second-order valence-corrected chi connectivity index (χ2v) is 6.40. The molecule has 1 N–H and O–H groups in total. The molecule has 1 rings (SSSR count). The van der Waals surface area contributed by atoms with Gasteiger partial charge < -0.3 is 5.32 Å². The van der Waals surface area contributed by atoms with Crippen LogP contribution in [0.4, 0.5) is 0 Å². The van der Waals surface area contributed by atoms with Crippen molar-refractivity contribution in [3.63, 3.8) is 0 Å². The van der Waals surface area contributed by atoms with Gasteiger partial charge in [-0.2, -0.15) is 0 Å². The third-order valence-electron chi connectivity index (χ3n) is 3.04. The van der Waals surface area contributed by atoms with Crippen molar-refractivity contribution in [1.29, 1.82) is 0 Å². The zero-order valence-corrected chi connectivity index (χ0v) is 12.5. The third kappa shape index (κ3) is 5.13. The van der Waals surface area contributed by atoms with E-state index in [2.05, 4.69) is 58.1 Å². The van der Waals surface area contributed by atoms with Gasteiger partial charge in [0.25, 0.3) is 0 Å². The maximum absolute atomic E-state index is 3.57. The summed E-state index contributed by atoms with van der Waals surface area (Å²) in [6.07, 6.45) is 1.20. The average molecular weight is 251 g/mol. The molecule has 0 heterocycles. The first-order valence-electron chi connectivity index (χ1n) is 6.50. The van der Waals surface area contributed by atoms with Crippen LogP contribution >= 0.6 is 11.8 Å². The molecule has 0 spiro atoms. The van der Waals surface area contributed by atoms with Crippen molar-refractivity contribution < 1.29 is 0 Å². The fraction of sp³-hybridized carbons (Fsp3) is 0.600. The fourth-order valence-electron chi connectivity index (χ4n) is 1.60. The van der Waals surface area contributed by atoms with Crippen LogP contribution in [0.1, 0.15) is 38.3 Å². The predicted octanol–water partition coefficient (Wildman–Crippen LogP) is 4.17. The monoisotopic (exact) mass is 251 g/mol. The Kier molecular flexibility index (Phi) is 6.07. The number of benzene rings is 1. The van der Waals surface area contributed by atoms with Gasteiger partial charge in [0.2, 0.25) is 0 Å². The number of thioether (sulfide) groups is 1. The summed E-state index contributed by atoms with van der Waals surface area (Å²) in [6.45, 7) is 12.2. The van der Waals surface area contributed by atoms with E-state index in [1.807, 2.05) is 11.8 Å². The zero-order valence-electron chi connectivity index (χ0n) is 11.7. The second-order valence-electron chi connectivity index (χ2n) is 4.91. The van der Waals surface area contributed by atoms with E-state index in [1.165, 1.54) is 22.4 Å². The third-order valence-corrected chi connectivity index (χ3v) is 4.30. The molecule has 0 aromatic heterocycles. The van der Waals surface area contributed by atoms with E-state index in [4.69, 9.17) is 0 Å². The number of hydrogen-bond donors (Lipinski definition) is 1. The highest BCUT2D eigenvalue weighted by Gasteiger charge is 2.08. The van der Waals surface area contributed by atoms with E-state index in [1.54, 1.807) is 0 Å². The van der Waals surface area contributed by atoms with Crippen LogP contribution in [0.3, 0.4) is 0 Å². The zero-order chi connectivity index (χ0) is 12.8. The van der Waals surface area contributed by atoms with Crippen LogP contribution < -0.4 is 5.32 Å². The highest BCUT2D eigenvalue weighted by atomic mass is 32.2. The SMILES string of the molecule is CCC(C)NCC(C)Sc1cc(C)ccc1C. The van der Waals surface area contributed by atoms with Gasteiger partial charge in [-0.15, -0.1) is 11.8 Å². The van der Waals surface area contributed by atoms with Crippen molar-refractivity contribution in [1.82, 2.24) is 5.32 Å². The summed E-state index contributed by atoms with van der Waals surface area (Å²) in [6, 6.07) is 7.31. The molecule has 0 aliphatic carbocycles. The summed E-state index contributed by atoms with van der Waals surface area (Å²) in [5, 5.41) is 4.18. The lowest BCUT2D eigenvalue weighted by Crippen LogP contribution is -2.30. The van der Waals surface area contributed by atoms with E-state index in [9.17, 15) is 0 Å². The summed E-state index contributed by atoms with van der Waals surface area (Å²) in [7, 11) is 0. The van der Waals surface area contributed by atoms with Crippen LogP contribution in [0.2, 0.25) is 0 Å². The second kappa shape index (κ2) is 7.07. The van der Waals surface area contributed by atoms with Gasteiger partial charge >= 0.3 is 0 Å². The van der Waals surface area contributed by atoms with E-state index in [0.717, 1.165) is 6.54 Å². The van der Waals surface area contributed by atoms with E-state index in [-0.39, 0.29) is 0 Å². The van der Waals surface area contributed by atoms with Crippen LogP contribution in [-0.4, -0.2) is 17.8 Å². The molecule has 17 heavy (non-hydrogen) atoms. The quantitative estimate of drug-likeness (QED) is 0.762. The summed E-state index contributed by atoms with van der Waals surface area (Å²) >= 11 is 1.97. The van der Waals surface area contributed by atoms with E-state index < -0.39 is 0 Å². The van der Waals surface area contributed by atoms with Crippen LogP contribution in [0, 0.1) is 13.8 Å². The Balaban J connectivity index is 2.50. The molecule has 0 amide bonds. The summed E-state index contributed by atoms with van der Waals surface area (Å²) in [5.74, 6) is 0. The Labute approximate surface area is 110 Å². The fourth-order valence-corrected chi connectivity index (χ4v) is 2.73. The molecule has 2 unspecified atom stereocenters. The minimum atomic E-state index is 0.615. The largest absolute Gasteiger partial charge is 0.313 e. The number of rotatable bonds is 6. The smallest absolute Gasteiger partial charge is 0.0191 e. The lowest BCUT2D eigenvalue weighted by atomic mass is 10.2. The first-order valence-corrected chi connectivity index (χ1v) is 7.38. The van der Waals surface area contributed by atoms with Gasteiger partial charge in [-0.05, 0) is 38.8 Å². The minimum Gasteiger partial charge on any atom is -0.313 e. The molecule has 0 aliphatic heterocycles. The Morgan fingerprint density at radius 1 is 1.24 bits per heavy atom. The van der Waals surface area contributed by atoms with Crippen LogP contribution in [0.25, 0.3) is 0 Å². The first kappa shape index (κ1) is 14.6. The molecule has 0 saturated carbocycles. The number of hydrogen-bond acceptors (Lipinski definition) is 2. The number of aryl methyl sites for hydroxylation is 2. The molecular weight excluding hydrogens is 226 g/mol. The van der Waals surface area contributed by atoms with Gasteiger partial charge in [0.1, 0.15) is 0 Å². The summed E-state index contributed by atoms with van der Waals surface area (Å²) in [5.41, 5.74) is 2.73. The van der Waals surface area contributed by atoms with Crippen molar-refractivity contribution in [2.75, 3.05) is 6.54 Å². The van der Waals surface area contributed by atoms with Gasteiger partial charge in [0, 0.05) is 22.7 Å². The summed E-state index contributed by atoms with van der Waals surface area (Å²) < 4.78 is 0. The van der Waals surface area contributed by atoms with Crippen LogP contribution in [0.5, 0.6) is 0 Å². The number of nitrogens with one attached hydrogen (secondary N) is 1. The molecule has 0 saturated heterocycles. The molecular formula is C15H25NS. The standard InChI is InChI=1S/C15H25NS/c1-6-13(4)16-10-14(5)17-15-9-11(2)7-8-12(15)3/h7-9,13-14,16H,6,10H2,1-5H3. The van der Waals surface area contributed by atoms with Gasteiger partial charge in [-0.25, -0.2) is 0 Å². The molecule has 1 nitrogen and oxygen atoms in total. The molecule has 0 bridgehead atoms. The maximum Gasteiger partial charge on any atom is 0.0191 e. The highest BCUT2D eigenvalue weighted by Crippen LogP contribution is 2.27. The van der Waals surface area contributed by atoms with Crippen molar-refractivity contribution in [2.45, 2.75) is 57.2 Å². The first-order chi connectivity index (χ1) is 8.02. The Morgan fingerprint density at radius 2 is 1.94 bits per heavy atom. The molecule has 2 heteroatoms. The van der Waals surface area contributed by atoms with E-state index in [0.29, 0.717) is 11.3 Å². The van der Waals surface area contributed by atoms with Gasteiger partial charge in [-0.1, -0.05) is 31.5 Å². The minimum absolute atomic E-state index is 0.615. The van der Waals surface area contributed by atoms with E-state index >= 15 is 0 Å². The molecule has 1 aromatic rings. The molecule has 0 fully saturated rings. The van der Waals surface area contributed by atoms with Gasteiger partial charge in [0.05, 0.1) is 0 Å². The Bertz CT molecular complexity index is 349. The molecule has 1 aromatic carbocycles. The van der Waals surface area contributed by atoms with Crippen molar-refractivity contribution in [3.05, 3.63) is 29.3 Å². The van der Waals surface area contributed by atoms with Gasteiger partial charge in [0.15, 0.2) is 0 Å². The normalized spacial score (nSPS) is 14.6. The van der Waals surface area contributed by atoms with Crippen molar-refractivity contribution >= 4 is 11.8 Å². The Morgan fingerprint density at radius 3 is 2.59 bits per heavy atom. The topological polar surface area (TPSA) is 12.0 Å². The molecule has 0 radical (unpaired) electrons. The lowest BCUT2D eigenvalue weighted by Gasteiger charge is -2.17. The maximum atomic E-state index is 3.57. The van der Waals surface area contributed by atoms with Crippen molar-refractivity contribution in [3.8, 4) is 0 Å². The lowest BCUT2D eigenvalue weighted by molar-refractivity contribution is 0.537. The average Bonchev–Trinajstić information content (AvgIpc) is 2.30. The van der Waals surface area contributed by atoms with Crippen molar-refractivity contribution in [2.24, 2.45) is 0 Å². The summed E-state index contributed by atoms with van der Waals surface area (Å²) in [4.78, 5) is 1.42. The molecule has 96 valence electrons. The molecule has 2 atom stereocenters.